The van der Waals surface area contributed by atoms with E-state index in [2.05, 4.69) is 19.9 Å². The van der Waals surface area contributed by atoms with E-state index in [0.29, 0.717) is 30.1 Å². The molecule has 4 N–H and O–H groups in total. The number of hydrogen-bond donors (Lipinski definition) is 4. The number of aromatic nitrogens is 4. The van der Waals surface area contributed by atoms with Crippen molar-refractivity contribution in [1.29, 1.82) is 0 Å². The maximum absolute atomic E-state index is 12.8. The average Bonchev–Trinajstić information content (AvgIpc) is 2.67. The molecule has 0 amide bonds. The molecule has 152 valence electrons. The normalized spacial score (nSPS) is 11.1. The number of H-pyrrole nitrogens is 2. The minimum absolute atomic E-state index is 0.109. The third kappa shape index (κ3) is 4.21. The molecular formula is C21H24N4O4. The number of aromatic hydroxyl groups is 2. The number of aryl methyl sites for hydroxylation is 2. The van der Waals surface area contributed by atoms with Crippen LogP contribution in [0.3, 0.4) is 0 Å². The summed E-state index contributed by atoms with van der Waals surface area (Å²) in [7, 11) is 0. The molecule has 8 nitrogen and oxygen atoms in total. The highest BCUT2D eigenvalue weighted by Gasteiger charge is 2.30. The lowest BCUT2D eigenvalue weighted by molar-refractivity contribution is 0.428. The van der Waals surface area contributed by atoms with Crippen molar-refractivity contribution in [2.45, 2.75) is 45.4 Å². The zero-order chi connectivity index (χ0) is 21.0. The van der Waals surface area contributed by atoms with Gasteiger partial charge in [-0.25, -0.2) is 9.97 Å². The predicted molar refractivity (Wildman–Crippen MR) is 108 cm³/mol. The van der Waals surface area contributed by atoms with Gasteiger partial charge in [0.05, 0.1) is 17.0 Å². The number of nitrogens with zero attached hydrogens (tertiary/aromatic N) is 2. The van der Waals surface area contributed by atoms with Crippen molar-refractivity contribution >= 4 is 0 Å². The molecule has 1 aromatic carbocycles. The molecule has 0 atom stereocenters. The molecule has 2 aromatic heterocycles. The Morgan fingerprint density at radius 3 is 1.66 bits per heavy atom. The second-order valence-electron chi connectivity index (χ2n) is 6.84. The summed E-state index contributed by atoms with van der Waals surface area (Å²) in [6.07, 6.45) is 2.48. The molecule has 0 saturated carbocycles. The molecule has 0 radical (unpaired) electrons. The zero-order valence-electron chi connectivity index (χ0n) is 16.4. The summed E-state index contributed by atoms with van der Waals surface area (Å²) < 4.78 is 0. The fourth-order valence-corrected chi connectivity index (χ4v) is 3.39. The Bertz CT molecular complexity index is 1040. The van der Waals surface area contributed by atoms with Gasteiger partial charge in [0.1, 0.15) is 11.6 Å². The Morgan fingerprint density at radius 2 is 1.28 bits per heavy atom. The van der Waals surface area contributed by atoms with Crippen molar-refractivity contribution in [3.8, 4) is 11.8 Å². The highest BCUT2D eigenvalue weighted by atomic mass is 16.3. The van der Waals surface area contributed by atoms with E-state index in [1.807, 2.05) is 13.8 Å². The first kappa shape index (κ1) is 20.3. The van der Waals surface area contributed by atoms with E-state index in [0.717, 1.165) is 12.8 Å². The lowest BCUT2D eigenvalue weighted by atomic mass is 9.87. The Kier molecular flexibility index (Phi) is 6.11. The minimum Gasteiger partial charge on any atom is -0.493 e. The van der Waals surface area contributed by atoms with Crippen molar-refractivity contribution in [2.75, 3.05) is 0 Å². The van der Waals surface area contributed by atoms with Crippen LogP contribution >= 0.6 is 0 Å². The molecule has 0 aliphatic carbocycles. The second kappa shape index (κ2) is 8.72. The third-order valence-electron chi connectivity index (χ3n) is 4.65. The lowest BCUT2D eigenvalue weighted by Crippen LogP contribution is -2.26. The van der Waals surface area contributed by atoms with Gasteiger partial charge in [-0.1, -0.05) is 44.2 Å². The van der Waals surface area contributed by atoms with E-state index in [1.165, 1.54) is 0 Å². The van der Waals surface area contributed by atoms with E-state index >= 15 is 0 Å². The van der Waals surface area contributed by atoms with Crippen LogP contribution in [0.2, 0.25) is 0 Å². The molecule has 0 bridgehead atoms. The molecule has 0 aliphatic heterocycles. The number of rotatable bonds is 7. The van der Waals surface area contributed by atoms with Gasteiger partial charge < -0.3 is 20.2 Å². The van der Waals surface area contributed by atoms with Crippen molar-refractivity contribution < 1.29 is 10.2 Å². The van der Waals surface area contributed by atoms with Gasteiger partial charge >= 0.3 is 0 Å². The molecule has 8 heteroatoms. The summed E-state index contributed by atoms with van der Waals surface area (Å²) in [5, 5.41) is 21.1. The summed E-state index contributed by atoms with van der Waals surface area (Å²) in [6, 6.07) is 8.71. The molecule has 0 unspecified atom stereocenters. The monoisotopic (exact) mass is 396 g/mol. The summed E-state index contributed by atoms with van der Waals surface area (Å²) in [5.41, 5.74) is -0.801. The van der Waals surface area contributed by atoms with Crippen LogP contribution in [0, 0.1) is 0 Å². The first-order valence-corrected chi connectivity index (χ1v) is 9.65. The first-order chi connectivity index (χ1) is 14.0. The summed E-state index contributed by atoms with van der Waals surface area (Å²) in [4.78, 5) is 39.2. The summed E-state index contributed by atoms with van der Waals surface area (Å²) in [6.45, 7) is 3.86. The molecule has 0 aliphatic rings. The first-order valence-electron chi connectivity index (χ1n) is 9.65. The maximum atomic E-state index is 12.8. The standard InChI is InChI=1S/C21H24N4O4/c1-3-8-13-22-18(26)16(19(27)23-13)15(12-10-6-5-7-11-12)17-20(28)24-14(9-4-2)25-21(17)29/h5-7,10-11,15H,3-4,8-9H2,1-2H3,(H2,22,23,26,27)(H2,24,25,28,29). The fraction of sp³-hybridized carbons (Fsp3) is 0.333. The third-order valence-corrected chi connectivity index (χ3v) is 4.65. The van der Waals surface area contributed by atoms with Crippen LogP contribution in [-0.4, -0.2) is 30.1 Å². The number of hydrogen-bond acceptors (Lipinski definition) is 6. The Balaban J connectivity index is 2.27. The SMILES string of the molecule is CCCc1nc(O)c(C(c2ccccc2)c2c(O)nc(CCC)[nH]c2=O)c(=O)[nH]1. The van der Waals surface area contributed by atoms with Gasteiger partial charge in [-0.15, -0.1) is 0 Å². The van der Waals surface area contributed by atoms with Crippen molar-refractivity contribution in [1.82, 2.24) is 19.9 Å². The summed E-state index contributed by atoms with van der Waals surface area (Å²) in [5.74, 6) is -1.25. The minimum atomic E-state index is -1.03. The van der Waals surface area contributed by atoms with Crippen LogP contribution in [0.15, 0.2) is 39.9 Å². The second-order valence-corrected chi connectivity index (χ2v) is 6.84. The van der Waals surface area contributed by atoms with Gasteiger partial charge in [0.15, 0.2) is 0 Å². The van der Waals surface area contributed by atoms with E-state index in [4.69, 9.17) is 0 Å². The molecule has 0 saturated heterocycles. The topological polar surface area (TPSA) is 132 Å². The van der Waals surface area contributed by atoms with Gasteiger partial charge in [-0.3, -0.25) is 9.59 Å². The van der Waals surface area contributed by atoms with Crippen LogP contribution in [0.5, 0.6) is 11.8 Å². The van der Waals surface area contributed by atoms with Gasteiger partial charge in [-0.05, 0) is 18.4 Å². The molecule has 3 rings (SSSR count). The van der Waals surface area contributed by atoms with E-state index in [-0.39, 0.29) is 11.1 Å². The molecule has 3 aromatic rings. The van der Waals surface area contributed by atoms with Crippen LogP contribution < -0.4 is 11.1 Å². The smallest absolute Gasteiger partial charge is 0.258 e. The van der Waals surface area contributed by atoms with E-state index < -0.39 is 28.8 Å². The van der Waals surface area contributed by atoms with Gasteiger partial charge in [-0.2, -0.15) is 0 Å². The molecule has 2 heterocycles. The van der Waals surface area contributed by atoms with Crippen LogP contribution in [-0.2, 0) is 12.8 Å². The number of nitrogens with one attached hydrogen (secondary N) is 2. The largest absolute Gasteiger partial charge is 0.493 e. The van der Waals surface area contributed by atoms with Crippen molar-refractivity contribution in [2.24, 2.45) is 0 Å². The predicted octanol–water partition coefficient (Wildman–Crippen LogP) is 2.35. The highest BCUT2D eigenvalue weighted by Crippen LogP contribution is 2.35. The van der Waals surface area contributed by atoms with Gasteiger partial charge in [0.25, 0.3) is 11.1 Å². The van der Waals surface area contributed by atoms with Crippen LogP contribution in [0.4, 0.5) is 0 Å². The lowest BCUT2D eigenvalue weighted by Gasteiger charge is -2.19. The summed E-state index contributed by atoms with van der Waals surface area (Å²) >= 11 is 0. The quantitative estimate of drug-likeness (QED) is 0.485. The number of benzene rings is 1. The van der Waals surface area contributed by atoms with Crippen LogP contribution in [0.25, 0.3) is 0 Å². The van der Waals surface area contributed by atoms with Crippen molar-refractivity contribution in [3.63, 3.8) is 0 Å². The zero-order valence-corrected chi connectivity index (χ0v) is 16.4. The van der Waals surface area contributed by atoms with Gasteiger partial charge in [0, 0.05) is 12.8 Å². The van der Waals surface area contributed by atoms with Crippen LogP contribution in [0.1, 0.15) is 60.9 Å². The Hall–Kier alpha value is -3.42. The Labute approximate surface area is 167 Å². The fourth-order valence-electron chi connectivity index (χ4n) is 3.39. The molecule has 29 heavy (non-hydrogen) atoms. The van der Waals surface area contributed by atoms with Gasteiger partial charge in [0.2, 0.25) is 11.8 Å². The molecule has 0 fully saturated rings. The number of aromatic amines is 2. The average molecular weight is 396 g/mol. The van der Waals surface area contributed by atoms with E-state index in [1.54, 1.807) is 30.3 Å². The molecule has 0 spiro atoms. The molecular weight excluding hydrogens is 372 g/mol. The maximum Gasteiger partial charge on any atom is 0.258 e. The Morgan fingerprint density at radius 1 is 0.828 bits per heavy atom. The highest BCUT2D eigenvalue weighted by molar-refractivity contribution is 5.47. The van der Waals surface area contributed by atoms with Crippen molar-refractivity contribution in [3.05, 3.63) is 79.4 Å². The van der Waals surface area contributed by atoms with E-state index in [9.17, 15) is 19.8 Å².